The first-order valence-corrected chi connectivity index (χ1v) is 6.39. The number of likely N-dealkylation sites (tertiary alicyclic amines) is 1. The summed E-state index contributed by atoms with van der Waals surface area (Å²) in [5.41, 5.74) is 1.01. The second kappa shape index (κ2) is 5.37. The van der Waals surface area contributed by atoms with Gasteiger partial charge in [-0.15, -0.1) is 0 Å². The molecule has 0 unspecified atom stereocenters. The van der Waals surface area contributed by atoms with Crippen molar-refractivity contribution < 1.29 is 4.92 Å². The monoisotopic (exact) mass is 259 g/mol. The maximum absolute atomic E-state index is 10.6. The molecule has 1 fully saturated rings. The molecule has 19 heavy (non-hydrogen) atoms. The Morgan fingerprint density at radius 1 is 1.37 bits per heavy atom. The Morgan fingerprint density at radius 3 is 2.42 bits per heavy atom. The van der Waals surface area contributed by atoms with Gasteiger partial charge in [0.25, 0.3) is 5.69 Å². The summed E-state index contributed by atoms with van der Waals surface area (Å²) in [6.07, 6.45) is 1.77. The largest absolute Gasteiger partial charge is 0.299 e. The summed E-state index contributed by atoms with van der Waals surface area (Å²) in [4.78, 5) is 12.5. The van der Waals surface area contributed by atoms with Crippen LogP contribution in [0, 0.1) is 26.9 Å². The molecule has 1 aliphatic rings. The SMILES string of the molecule is CC1(C#N)CCN(Cc2ccc([N+](=O)[O-])cc2)CC1. The highest BCUT2D eigenvalue weighted by Crippen LogP contribution is 2.30. The summed E-state index contributed by atoms with van der Waals surface area (Å²) >= 11 is 0. The van der Waals surface area contributed by atoms with E-state index in [1.807, 2.05) is 6.92 Å². The molecule has 5 heteroatoms. The van der Waals surface area contributed by atoms with Gasteiger partial charge >= 0.3 is 0 Å². The van der Waals surface area contributed by atoms with Crippen molar-refractivity contribution in [2.45, 2.75) is 26.3 Å². The summed E-state index contributed by atoms with van der Waals surface area (Å²) in [6, 6.07) is 9.07. The molecule has 0 N–H and O–H groups in total. The lowest BCUT2D eigenvalue weighted by molar-refractivity contribution is -0.384. The lowest BCUT2D eigenvalue weighted by Gasteiger charge is -2.34. The highest BCUT2D eigenvalue weighted by molar-refractivity contribution is 5.32. The van der Waals surface area contributed by atoms with Crippen LogP contribution in [0.3, 0.4) is 0 Å². The minimum absolute atomic E-state index is 0.124. The minimum atomic E-state index is -0.386. The van der Waals surface area contributed by atoms with E-state index >= 15 is 0 Å². The normalized spacial score (nSPS) is 18.7. The van der Waals surface area contributed by atoms with Crippen LogP contribution in [-0.2, 0) is 6.54 Å². The molecule has 5 nitrogen and oxygen atoms in total. The molecule has 1 aromatic rings. The third kappa shape index (κ3) is 3.30. The van der Waals surface area contributed by atoms with Crippen molar-refractivity contribution in [3.63, 3.8) is 0 Å². The fourth-order valence-corrected chi connectivity index (χ4v) is 2.30. The predicted molar refractivity (Wildman–Crippen MR) is 71.3 cm³/mol. The van der Waals surface area contributed by atoms with E-state index in [0.717, 1.165) is 38.0 Å². The number of hydrogen-bond acceptors (Lipinski definition) is 4. The van der Waals surface area contributed by atoms with Crippen LogP contribution in [0.1, 0.15) is 25.3 Å². The molecule has 0 saturated carbocycles. The molecule has 0 atom stereocenters. The molecule has 0 amide bonds. The van der Waals surface area contributed by atoms with Gasteiger partial charge in [-0.05, 0) is 38.4 Å². The molecule has 1 heterocycles. The quantitative estimate of drug-likeness (QED) is 0.618. The van der Waals surface area contributed by atoms with Gasteiger partial charge in [-0.25, -0.2) is 0 Å². The third-order valence-corrected chi connectivity index (χ3v) is 3.78. The Balaban J connectivity index is 1.93. The zero-order valence-electron chi connectivity index (χ0n) is 11.0. The summed E-state index contributed by atoms with van der Waals surface area (Å²) in [5.74, 6) is 0. The first kappa shape index (κ1) is 13.5. The molecule has 1 aliphatic heterocycles. The molecule has 1 saturated heterocycles. The number of nitro benzene ring substituents is 1. The van der Waals surface area contributed by atoms with Gasteiger partial charge < -0.3 is 0 Å². The molecule has 1 aromatic carbocycles. The van der Waals surface area contributed by atoms with Gasteiger partial charge in [-0.2, -0.15) is 5.26 Å². The smallest absolute Gasteiger partial charge is 0.269 e. The minimum Gasteiger partial charge on any atom is -0.299 e. The van der Waals surface area contributed by atoms with Crippen molar-refractivity contribution in [1.82, 2.24) is 4.90 Å². The highest BCUT2D eigenvalue weighted by Gasteiger charge is 2.29. The average molecular weight is 259 g/mol. The molecule has 0 radical (unpaired) electrons. The maximum Gasteiger partial charge on any atom is 0.269 e. The van der Waals surface area contributed by atoms with Crippen LogP contribution in [0.4, 0.5) is 5.69 Å². The summed E-state index contributed by atoms with van der Waals surface area (Å²) < 4.78 is 0. The number of piperidine rings is 1. The van der Waals surface area contributed by atoms with Crippen molar-refractivity contribution >= 4 is 5.69 Å². The van der Waals surface area contributed by atoms with Crippen molar-refractivity contribution in [2.24, 2.45) is 5.41 Å². The summed E-state index contributed by atoms with van der Waals surface area (Å²) in [6.45, 7) is 4.61. The average Bonchev–Trinajstić information content (AvgIpc) is 2.42. The number of nitrogens with zero attached hydrogens (tertiary/aromatic N) is 3. The number of non-ortho nitro benzene ring substituents is 1. The van der Waals surface area contributed by atoms with Crippen LogP contribution in [-0.4, -0.2) is 22.9 Å². The van der Waals surface area contributed by atoms with Crippen molar-refractivity contribution in [3.05, 3.63) is 39.9 Å². The zero-order valence-corrected chi connectivity index (χ0v) is 11.0. The van der Waals surface area contributed by atoms with E-state index in [0.29, 0.717) is 0 Å². The first-order chi connectivity index (χ1) is 9.02. The number of nitro groups is 1. The van der Waals surface area contributed by atoms with E-state index in [-0.39, 0.29) is 16.0 Å². The fourth-order valence-electron chi connectivity index (χ4n) is 2.30. The number of nitriles is 1. The topological polar surface area (TPSA) is 70.2 Å². The van der Waals surface area contributed by atoms with E-state index in [1.165, 1.54) is 0 Å². The van der Waals surface area contributed by atoms with Gasteiger partial charge in [0.15, 0.2) is 0 Å². The molecule has 100 valence electrons. The standard InChI is InChI=1S/C14H17N3O2/c1-14(11-15)6-8-16(9-7-14)10-12-2-4-13(5-3-12)17(18)19/h2-5H,6-10H2,1H3. The van der Waals surface area contributed by atoms with E-state index in [4.69, 9.17) is 5.26 Å². The maximum atomic E-state index is 10.6. The van der Waals surface area contributed by atoms with Crippen LogP contribution in [0.25, 0.3) is 0 Å². The van der Waals surface area contributed by atoms with Gasteiger partial charge in [-0.1, -0.05) is 12.1 Å². The van der Waals surface area contributed by atoms with Gasteiger partial charge in [0.05, 0.1) is 16.4 Å². The number of benzene rings is 1. The second-order valence-electron chi connectivity index (χ2n) is 5.37. The van der Waals surface area contributed by atoms with Gasteiger partial charge in [0.1, 0.15) is 0 Å². The van der Waals surface area contributed by atoms with Crippen LogP contribution in [0.5, 0.6) is 0 Å². The van der Waals surface area contributed by atoms with Crippen molar-refractivity contribution in [3.8, 4) is 6.07 Å². The molecule has 0 spiro atoms. The van der Waals surface area contributed by atoms with Gasteiger partial charge in [-0.3, -0.25) is 15.0 Å². The fraction of sp³-hybridized carbons (Fsp3) is 0.500. The molecule has 0 aliphatic carbocycles. The lowest BCUT2D eigenvalue weighted by atomic mass is 9.82. The highest BCUT2D eigenvalue weighted by atomic mass is 16.6. The third-order valence-electron chi connectivity index (χ3n) is 3.78. The van der Waals surface area contributed by atoms with Gasteiger partial charge in [0.2, 0.25) is 0 Å². The van der Waals surface area contributed by atoms with E-state index in [2.05, 4.69) is 11.0 Å². The Morgan fingerprint density at radius 2 is 1.95 bits per heavy atom. The predicted octanol–water partition coefficient (Wildman–Crippen LogP) is 2.72. The van der Waals surface area contributed by atoms with Crippen LogP contribution < -0.4 is 0 Å². The second-order valence-corrected chi connectivity index (χ2v) is 5.37. The Kier molecular flexibility index (Phi) is 3.82. The Bertz CT molecular complexity index is 496. The van der Waals surface area contributed by atoms with E-state index in [9.17, 15) is 10.1 Å². The molecular formula is C14H17N3O2. The van der Waals surface area contributed by atoms with E-state index < -0.39 is 0 Å². The molecule has 2 rings (SSSR count). The molecular weight excluding hydrogens is 242 g/mol. The lowest BCUT2D eigenvalue weighted by Crippen LogP contribution is -2.37. The summed E-state index contributed by atoms with van der Waals surface area (Å²) in [7, 11) is 0. The van der Waals surface area contributed by atoms with Crippen molar-refractivity contribution in [1.29, 1.82) is 5.26 Å². The van der Waals surface area contributed by atoms with E-state index in [1.54, 1.807) is 24.3 Å². The van der Waals surface area contributed by atoms with Crippen LogP contribution in [0.2, 0.25) is 0 Å². The number of hydrogen-bond donors (Lipinski definition) is 0. The summed E-state index contributed by atoms with van der Waals surface area (Å²) in [5, 5.41) is 19.6. The Hall–Kier alpha value is -1.93. The first-order valence-electron chi connectivity index (χ1n) is 6.39. The van der Waals surface area contributed by atoms with Crippen molar-refractivity contribution in [2.75, 3.05) is 13.1 Å². The van der Waals surface area contributed by atoms with Crippen LogP contribution >= 0.6 is 0 Å². The zero-order chi connectivity index (χ0) is 13.9. The number of rotatable bonds is 3. The van der Waals surface area contributed by atoms with Gasteiger partial charge in [0, 0.05) is 18.7 Å². The molecule has 0 aromatic heterocycles. The Labute approximate surface area is 112 Å². The molecule has 0 bridgehead atoms. The van der Waals surface area contributed by atoms with Crippen LogP contribution in [0.15, 0.2) is 24.3 Å².